The van der Waals surface area contributed by atoms with Crippen molar-refractivity contribution >= 4 is 28.6 Å². The lowest BCUT2D eigenvalue weighted by Gasteiger charge is -2.28. The van der Waals surface area contributed by atoms with Crippen LogP contribution in [0.25, 0.3) is 22.3 Å². The van der Waals surface area contributed by atoms with Crippen LogP contribution < -0.4 is 9.80 Å². The van der Waals surface area contributed by atoms with Gasteiger partial charge in [-0.3, -0.25) is 4.90 Å². The smallest absolute Gasteiger partial charge is 0.137 e. The highest BCUT2D eigenvalue weighted by atomic mass is 15.2. The second-order valence-corrected chi connectivity index (χ2v) is 13.2. The van der Waals surface area contributed by atoms with E-state index < -0.39 is 0 Å². The second kappa shape index (κ2) is 10.7. The minimum Gasteiger partial charge on any atom is -0.333 e. The molecule has 9 rings (SSSR count). The monoisotopic (exact) mass is 605 g/mol. The number of allylic oxidation sites excluding steroid dienone is 2. The summed E-state index contributed by atoms with van der Waals surface area (Å²) in [5, 5.41) is 0. The van der Waals surface area contributed by atoms with Gasteiger partial charge in [-0.15, -0.1) is 0 Å². The average molecular weight is 606 g/mol. The van der Waals surface area contributed by atoms with Gasteiger partial charge in [0, 0.05) is 40.3 Å². The molecule has 3 nitrogen and oxygen atoms in total. The van der Waals surface area contributed by atoms with Crippen LogP contribution in [0.15, 0.2) is 164 Å². The first-order valence-electron chi connectivity index (χ1n) is 16.5. The van der Waals surface area contributed by atoms with Crippen molar-refractivity contribution in [1.82, 2.24) is 4.98 Å². The van der Waals surface area contributed by atoms with E-state index in [9.17, 15) is 0 Å². The number of nitrogens with zero attached hydrogens (tertiary/aromatic N) is 3. The molecule has 0 saturated carbocycles. The van der Waals surface area contributed by atoms with E-state index in [1.807, 2.05) is 12.3 Å². The van der Waals surface area contributed by atoms with E-state index in [-0.39, 0.29) is 11.5 Å². The third-order valence-electron chi connectivity index (χ3n) is 10.2. The Morgan fingerprint density at radius 1 is 0.617 bits per heavy atom. The van der Waals surface area contributed by atoms with Crippen molar-refractivity contribution in [2.45, 2.75) is 31.2 Å². The van der Waals surface area contributed by atoms with Crippen molar-refractivity contribution in [3.8, 4) is 22.3 Å². The van der Waals surface area contributed by atoms with E-state index in [4.69, 9.17) is 4.98 Å². The fraction of sp³-hybridized carbons (Fsp3) is 0.114. The number of hydrogen-bond donors (Lipinski definition) is 0. The van der Waals surface area contributed by atoms with Crippen molar-refractivity contribution in [3.63, 3.8) is 0 Å². The maximum Gasteiger partial charge on any atom is 0.137 e. The zero-order chi connectivity index (χ0) is 31.5. The number of fused-ring (bicyclic) bond motifs is 6. The molecule has 47 heavy (non-hydrogen) atoms. The van der Waals surface area contributed by atoms with Gasteiger partial charge in [-0.05, 0) is 99.6 Å². The third kappa shape index (κ3) is 4.38. The number of aromatic nitrogens is 1. The van der Waals surface area contributed by atoms with E-state index in [2.05, 4.69) is 175 Å². The van der Waals surface area contributed by atoms with Gasteiger partial charge in [0.1, 0.15) is 5.82 Å². The minimum atomic E-state index is -0.0758. The molecule has 1 aliphatic heterocycles. The molecule has 3 aliphatic rings. The van der Waals surface area contributed by atoms with Crippen molar-refractivity contribution < 1.29 is 0 Å². The largest absolute Gasteiger partial charge is 0.333 e. The first-order valence-corrected chi connectivity index (χ1v) is 16.5. The van der Waals surface area contributed by atoms with Gasteiger partial charge in [-0.1, -0.05) is 111 Å². The summed E-state index contributed by atoms with van der Waals surface area (Å²) in [5.74, 6) is 1.22. The molecule has 0 radical (unpaired) electrons. The molecule has 0 amide bonds. The maximum absolute atomic E-state index is 4.80. The van der Waals surface area contributed by atoms with Crippen LogP contribution in [0.5, 0.6) is 0 Å². The van der Waals surface area contributed by atoms with Gasteiger partial charge in [0.25, 0.3) is 0 Å². The van der Waals surface area contributed by atoms with Gasteiger partial charge in [0.05, 0.1) is 6.04 Å². The summed E-state index contributed by atoms with van der Waals surface area (Å²) in [6.07, 6.45) is 10.9. The highest BCUT2D eigenvalue weighted by Crippen LogP contribution is 2.51. The number of hydrogen-bond acceptors (Lipinski definition) is 3. The zero-order valence-electron chi connectivity index (χ0n) is 26.6. The number of pyridine rings is 1. The Bertz CT molecular complexity index is 2180. The van der Waals surface area contributed by atoms with Gasteiger partial charge in [0.2, 0.25) is 0 Å². The first-order chi connectivity index (χ1) is 23.1. The Kier molecular flexibility index (Phi) is 6.29. The summed E-state index contributed by atoms with van der Waals surface area (Å²) >= 11 is 0. The van der Waals surface area contributed by atoms with Crippen molar-refractivity contribution in [3.05, 3.63) is 181 Å². The fourth-order valence-electron chi connectivity index (χ4n) is 7.94. The summed E-state index contributed by atoms with van der Waals surface area (Å²) in [6.45, 7) is 4.66. The number of para-hydroxylation sites is 1. The van der Waals surface area contributed by atoms with Crippen LogP contribution in [0.2, 0.25) is 0 Å². The summed E-state index contributed by atoms with van der Waals surface area (Å²) in [4.78, 5) is 9.55. The van der Waals surface area contributed by atoms with E-state index in [0.717, 1.165) is 17.2 Å². The van der Waals surface area contributed by atoms with Crippen molar-refractivity contribution in [2.24, 2.45) is 0 Å². The molecule has 0 fully saturated rings. The van der Waals surface area contributed by atoms with Crippen LogP contribution in [-0.2, 0) is 5.41 Å². The molecule has 2 unspecified atom stereocenters. The molecule has 6 aromatic rings. The lowest BCUT2D eigenvalue weighted by Crippen LogP contribution is -2.28. The molecule has 0 N–H and O–H groups in total. The summed E-state index contributed by atoms with van der Waals surface area (Å²) in [6, 6.07) is 48.8. The minimum absolute atomic E-state index is 0.0758. The van der Waals surface area contributed by atoms with Crippen LogP contribution in [0, 0.1) is 0 Å². The summed E-state index contributed by atoms with van der Waals surface area (Å²) in [7, 11) is 0. The van der Waals surface area contributed by atoms with Gasteiger partial charge in [-0.25, -0.2) is 4.98 Å². The molecule has 0 spiro atoms. The normalized spacial score (nSPS) is 18.0. The molecule has 1 aromatic heterocycles. The van der Waals surface area contributed by atoms with E-state index in [1.165, 1.54) is 50.3 Å². The molecular weight excluding hydrogens is 571 g/mol. The predicted octanol–water partition coefficient (Wildman–Crippen LogP) is 11.3. The highest BCUT2D eigenvalue weighted by Gasteiger charge is 2.38. The molecule has 0 saturated heterocycles. The van der Waals surface area contributed by atoms with Crippen LogP contribution in [0.3, 0.4) is 0 Å². The fourth-order valence-corrected chi connectivity index (χ4v) is 7.94. The Balaban J connectivity index is 1.09. The molecule has 0 bridgehead atoms. The lowest BCUT2D eigenvalue weighted by molar-refractivity contribution is 0.660. The molecule has 2 heterocycles. The molecule has 5 aromatic carbocycles. The van der Waals surface area contributed by atoms with E-state index >= 15 is 0 Å². The third-order valence-corrected chi connectivity index (χ3v) is 10.2. The first kappa shape index (κ1) is 27.6. The van der Waals surface area contributed by atoms with Gasteiger partial charge in [0.15, 0.2) is 0 Å². The maximum atomic E-state index is 4.80. The molecule has 226 valence electrons. The highest BCUT2D eigenvalue weighted by molar-refractivity contribution is 5.86. The SMILES string of the molecule is CC1(C)c2ccccc2-c2ccc(N(c3ccc(-c4ccc5c(c4)C4C=CC=CC4N5c4ccccc4)cc3)c3ccccn3)cc21. The topological polar surface area (TPSA) is 19.4 Å². The van der Waals surface area contributed by atoms with Crippen molar-refractivity contribution in [1.29, 1.82) is 0 Å². The Morgan fingerprint density at radius 3 is 2.17 bits per heavy atom. The Labute approximate surface area is 276 Å². The lowest BCUT2D eigenvalue weighted by atomic mass is 9.82. The zero-order valence-corrected chi connectivity index (χ0v) is 26.6. The van der Waals surface area contributed by atoms with Crippen LogP contribution in [0.4, 0.5) is 28.6 Å². The summed E-state index contributed by atoms with van der Waals surface area (Å²) in [5.41, 5.74) is 13.8. The van der Waals surface area contributed by atoms with Gasteiger partial charge >= 0.3 is 0 Å². The average Bonchev–Trinajstić information content (AvgIpc) is 3.58. The van der Waals surface area contributed by atoms with E-state index in [1.54, 1.807) is 0 Å². The number of rotatable bonds is 5. The molecule has 2 atom stereocenters. The van der Waals surface area contributed by atoms with E-state index in [0.29, 0.717) is 5.92 Å². The van der Waals surface area contributed by atoms with Gasteiger partial charge < -0.3 is 4.90 Å². The van der Waals surface area contributed by atoms with Gasteiger partial charge in [-0.2, -0.15) is 0 Å². The quantitative estimate of drug-likeness (QED) is 0.195. The molecular formula is C44H35N3. The number of anilines is 5. The predicted molar refractivity (Wildman–Crippen MR) is 195 cm³/mol. The van der Waals surface area contributed by atoms with Crippen molar-refractivity contribution in [2.75, 3.05) is 9.80 Å². The van der Waals surface area contributed by atoms with Crippen LogP contribution in [-0.4, -0.2) is 11.0 Å². The standard InChI is InChI=1S/C44H35N3/c1-44(2)39-16-8-6-14-35(39)36-25-24-34(29-40(36)44)46(43-18-10-11-27-45-43)33-22-19-30(20-23-33)31-21-26-42-38(28-31)37-15-7-9-17-41(37)47(42)32-12-4-3-5-13-32/h3-29,37,41H,1-2H3. The molecule has 2 aliphatic carbocycles. The summed E-state index contributed by atoms with van der Waals surface area (Å²) < 4.78 is 0. The number of benzene rings is 5. The molecule has 3 heteroatoms. The van der Waals surface area contributed by atoms with Crippen LogP contribution >= 0.6 is 0 Å². The van der Waals surface area contributed by atoms with Crippen LogP contribution in [0.1, 0.15) is 36.5 Å². The Hall–Kier alpha value is -5.67. The Morgan fingerprint density at radius 2 is 1.34 bits per heavy atom. The second-order valence-electron chi connectivity index (χ2n) is 13.2.